The Labute approximate surface area is 147 Å². The Morgan fingerprint density at radius 2 is 1.72 bits per heavy atom. The minimum Gasteiger partial charge on any atom is -0.508 e. The van der Waals surface area contributed by atoms with Crippen molar-refractivity contribution >= 4 is 5.91 Å². The van der Waals surface area contributed by atoms with Crippen LogP contribution in [0, 0.1) is 0 Å². The van der Waals surface area contributed by atoms with Gasteiger partial charge in [-0.05, 0) is 42.7 Å². The number of likely N-dealkylation sites (tertiary alicyclic amines) is 1. The summed E-state index contributed by atoms with van der Waals surface area (Å²) in [6.07, 6.45) is 2.25. The van der Waals surface area contributed by atoms with E-state index < -0.39 is 0 Å². The molecule has 3 rings (SSSR count). The Hall–Kier alpha value is -2.69. The van der Waals surface area contributed by atoms with E-state index in [4.69, 9.17) is 9.47 Å². The largest absolute Gasteiger partial charge is 0.508 e. The molecule has 2 aromatic rings. The van der Waals surface area contributed by atoms with Crippen LogP contribution >= 0.6 is 0 Å². The van der Waals surface area contributed by atoms with Crippen LogP contribution in [0.15, 0.2) is 42.5 Å². The summed E-state index contributed by atoms with van der Waals surface area (Å²) >= 11 is 0. The number of nitrogens with zero attached hydrogens (tertiary/aromatic N) is 1. The van der Waals surface area contributed by atoms with Gasteiger partial charge in [0.25, 0.3) is 0 Å². The average Bonchev–Trinajstić information content (AvgIpc) is 2.64. The molecule has 0 aromatic heterocycles. The molecule has 25 heavy (non-hydrogen) atoms. The van der Waals surface area contributed by atoms with Gasteiger partial charge in [-0.25, -0.2) is 0 Å². The van der Waals surface area contributed by atoms with Crippen molar-refractivity contribution in [2.75, 3.05) is 14.2 Å². The minimum atomic E-state index is -0.0962. The Bertz CT molecular complexity index is 720. The lowest BCUT2D eigenvalue weighted by Crippen LogP contribution is -2.38. The highest BCUT2D eigenvalue weighted by Gasteiger charge is 2.33. The molecule has 1 unspecified atom stereocenters. The number of carbonyl (C=O) groups is 1. The quantitative estimate of drug-likeness (QED) is 0.901. The Balaban J connectivity index is 1.98. The van der Waals surface area contributed by atoms with Gasteiger partial charge in [0.05, 0.1) is 25.8 Å². The fraction of sp³-hybridized carbons (Fsp3) is 0.350. The summed E-state index contributed by atoms with van der Waals surface area (Å²) in [5.41, 5.74) is 1.89. The van der Waals surface area contributed by atoms with E-state index in [1.54, 1.807) is 26.4 Å². The molecule has 5 nitrogen and oxygen atoms in total. The summed E-state index contributed by atoms with van der Waals surface area (Å²) in [5.74, 6) is 1.80. The van der Waals surface area contributed by atoms with Gasteiger partial charge in [-0.15, -0.1) is 0 Å². The smallest absolute Gasteiger partial charge is 0.223 e. The normalized spacial score (nSPS) is 17.4. The third kappa shape index (κ3) is 3.55. The first kappa shape index (κ1) is 17.1. The molecule has 132 valence electrons. The standard InChI is InChI=1S/C20H23NO4/c1-24-17-6-4-7-18(25-2)20(17)16-5-3-8-19(23)21(16)13-14-9-11-15(22)12-10-14/h4,6-7,9-12,16,22H,3,5,8,13H2,1-2H3. The molecular formula is C20H23NO4. The molecule has 1 amide bonds. The number of methoxy groups -OCH3 is 2. The van der Waals surface area contributed by atoms with Crippen LogP contribution < -0.4 is 9.47 Å². The molecule has 1 heterocycles. The summed E-state index contributed by atoms with van der Waals surface area (Å²) in [5, 5.41) is 9.47. The zero-order valence-corrected chi connectivity index (χ0v) is 14.6. The van der Waals surface area contributed by atoms with Gasteiger partial charge in [-0.1, -0.05) is 18.2 Å². The second-order valence-electron chi connectivity index (χ2n) is 6.17. The predicted octanol–water partition coefficient (Wildman–Crippen LogP) is 3.66. The molecule has 0 spiro atoms. The first-order chi connectivity index (χ1) is 12.1. The summed E-state index contributed by atoms with van der Waals surface area (Å²) in [6, 6.07) is 12.6. The third-order valence-corrected chi connectivity index (χ3v) is 4.65. The van der Waals surface area contributed by atoms with Crippen LogP contribution in [0.25, 0.3) is 0 Å². The van der Waals surface area contributed by atoms with Gasteiger partial charge in [0.1, 0.15) is 17.2 Å². The lowest BCUT2D eigenvalue weighted by Gasteiger charge is -2.37. The van der Waals surface area contributed by atoms with Crippen LogP contribution in [0.2, 0.25) is 0 Å². The molecule has 1 atom stereocenters. The van der Waals surface area contributed by atoms with Gasteiger partial charge in [0, 0.05) is 13.0 Å². The van der Waals surface area contributed by atoms with Crippen molar-refractivity contribution in [2.45, 2.75) is 31.8 Å². The van der Waals surface area contributed by atoms with Crippen LogP contribution in [0.4, 0.5) is 0 Å². The van der Waals surface area contributed by atoms with Gasteiger partial charge in [-0.3, -0.25) is 4.79 Å². The molecule has 1 saturated heterocycles. The van der Waals surface area contributed by atoms with E-state index >= 15 is 0 Å². The van der Waals surface area contributed by atoms with Crippen molar-refractivity contribution in [3.63, 3.8) is 0 Å². The van der Waals surface area contributed by atoms with E-state index in [0.29, 0.717) is 13.0 Å². The fourth-order valence-corrected chi connectivity index (χ4v) is 3.42. The van der Waals surface area contributed by atoms with Crippen molar-refractivity contribution in [1.29, 1.82) is 0 Å². The zero-order chi connectivity index (χ0) is 17.8. The van der Waals surface area contributed by atoms with Crippen molar-refractivity contribution < 1.29 is 19.4 Å². The van der Waals surface area contributed by atoms with E-state index in [0.717, 1.165) is 35.5 Å². The second-order valence-corrected chi connectivity index (χ2v) is 6.17. The van der Waals surface area contributed by atoms with E-state index in [-0.39, 0.29) is 17.7 Å². The maximum Gasteiger partial charge on any atom is 0.223 e. The van der Waals surface area contributed by atoms with Gasteiger partial charge in [0.2, 0.25) is 5.91 Å². The van der Waals surface area contributed by atoms with E-state index in [2.05, 4.69) is 0 Å². The molecule has 0 radical (unpaired) electrons. The Kier molecular flexibility index (Phi) is 5.12. The zero-order valence-electron chi connectivity index (χ0n) is 14.6. The maximum atomic E-state index is 12.6. The molecule has 1 N–H and O–H groups in total. The highest BCUT2D eigenvalue weighted by Crippen LogP contribution is 2.42. The number of benzene rings is 2. The first-order valence-electron chi connectivity index (χ1n) is 8.42. The lowest BCUT2D eigenvalue weighted by atomic mass is 9.92. The van der Waals surface area contributed by atoms with Gasteiger partial charge in [0.15, 0.2) is 0 Å². The van der Waals surface area contributed by atoms with Crippen LogP contribution in [-0.2, 0) is 11.3 Å². The average molecular weight is 341 g/mol. The highest BCUT2D eigenvalue weighted by atomic mass is 16.5. The number of rotatable bonds is 5. The number of amides is 1. The van der Waals surface area contributed by atoms with Crippen LogP contribution in [0.5, 0.6) is 17.2 Å². The predicted molar refractivity (Wildman–Crippen MR) is 94.8 cm³/mol. The number of ether oxygens (including phenoxy) is 2. The lowest BCUT2D eigenvalue weighted by molar-refractivity contribution is -0.137. The highest BCUT2D eigenvalue weighted by molar-refractivity contribution is 5.78. The SMILES string of the molecule is COc1cccc(OC)c1C1CCCC(=O)N1Cc1ccc(O)cc1. The first-order valence-corrected chi connectivity index (χ1v) is 8.42. The monoisotopic (exact) mass is 341 g/mol. The second kappa shape index (κ2) is 7.47. The summed E-state index contributed by atoms with van der Waals surface area (Å²) in [6.45, 7) is 0.491. The topological polar surface area (TPSA) is 59.0 Å². The number of hydrogen-bond acceptors (Lipinski definition) is 4. The molecule has 0 aliphatic carbocycles. The molecular weight excluding hydrogens is 318 g/mol. The minimum absolute atomic E-state index is 0.0962. The van der Waals surface area contributed by atoms with Crippen LogP contribution in [-0.4, -0.2) is 30.1 Å². The molecule has 1 aliphatic heterocycles. The number of aromatic hydroxyl groups is 1. The maximum absolute atomic E-state index is 12.6. The van der Waals surface area contributed by atoms with E-state index in [9.17, 15) is 9.90 Å². The summed E-state index contributed by atoms with van der Waals surface area (Å²) < 4.78 is 11.1. The molecule has 0 bridgehead atoms. The fourth-order valence-electron chi connectivity index (χ4n) is 3.42. The van der Waals surface area contributed by atoms with Crippen LogP contribution in [0.1, 0.15) is 36.4 Å². The molecule has 1 fully saturated rings. The number of hydrogen-bond donors (Lipinski definition) is 1. The van der Waals surface area contributed by atoms with Crippen molar-refractivity contribution in [2.24, 2.45) is 0 Å². The van der Waals surface area contributed by atoms with E-state index in [1.165, 1.54) is 0 Å². The van der Waals surface area contributed by atoms with Crippen LogP contribution in [0.3, 0.4) is 0 Å². The molecule has 2 aromatic carbocycles. The van der Waals surface area contributed by atoms with E-state index in [1.807, 2.05) is 35.2 Å². The number of phenols is 1. The summed E-state index contributed by atoms with van der Waals surface area (Å²) in [7, 11) is 3.26. The summed E-state index contributed by atoms with van der Waals surface area (Å²) in [4.78, 5) is 14.5. The molecule has 5 heteroatoms. The van der Waals surface area contributed by atoms with Gasteiger partial charge < -0.3 is 19.5 Å². The number of carbonyl (C=O) groups excluding carboxylic acids is 1. The third-order valence-electron chi connectivity index (χ3n) is 4.65. The molecule has 0 saturated carbocycles. The van der Waals surface area contributed by atoms with Crippen molar-refractivity contribution in [3.05, 3.63) is 53.6 Å². The number of piperidine rings is 1. The Morgan fingerprint density at radius 1 is 1.08 bits per heavy atom. The Morgan fingerprint density at radius 3 is 2.32 bits per heavy atom. The van der Waals surface area contributed by atoms with Crippen molar-refractivity contribution in [3.8, 4) is 17.2 Å². The van der Waals surface area contributed by atoms with Gasteiger partial charge >= 0.3 is 0 Å². The van der Waals surface area contributed by atoms with Crippen molar-refractivity contribution in [1.82, 2.24) is 4.90 Å². The molecule has 1 aliphatic rings. The van der Waals surface area contributed by atoms with Gasteiger partial charge in [-0.2, -0.15) is 0 Å². The number of phenolic OH excluding ortho intramolecular Hbond substituents is 1.